The minimum Gasteiger partial charge on any atom is -0.466 e. The Labute approximate surface area is 197 Å². The maximum absolute atomic E-state index is 12.5. The van der Waals surface area contributed by atoms with Crippen LogP contribution in [0, 0.1) is 0 Å². The van der Waals surface area contributed by atoms with Crippen LogP contribution in [-0.2, 0) is 20.7 Å². The molecule has 168 valence electrons. The van der Waals surface area contributed by atoms with Gasteiger partial charge in [-0.3, -0.25) is 19.7 Å². The second-order valence-electron chi connectivity index (χ2n) is 7.28. The smallest absolute Gasteiger partial charge is 0.308 e. The zero-order valence-electron chi connectivity index (χ0n) is 17.4. The van der Waals surface area contributed by atoms with Gasteiger partial charge in [-0.1, -0.05) is 48.0 Å². The van der Waals surface area contributed by atoms with Gasteiger partial charge >= 0.3 is 5.97 Å². The highest BCUT2D eigenvalue weighted by molar-refractivity contribution is 7.80. The van der Waals surface area contributed by atoms with E-state index in [1.807, 2.05) is 30.3 Å². The highest BCUT2D eigenvalue weighted by Crippen LogP contribution is 2.13. The van der Waals surface area contributed by atoms with Gasteiger partial charge in [0.2, 0.25) is 5.91 Å². The summed E-state index contributed by atoms with van der Waals surface area (Å²) in [5, 5.41) is 5.84. The molecule has 1 unspecified atom stereocenters. The fourth-order valence-electron chi connectivity index (χ4n) is 3.36. The van der Waals surface area contributed by atoms with Crippen LogP contribution in [0.4, 0.5) is 0 Å². The molecule has 1 atom stereocenters. The Kier molecular flexibility index (Phi) is 8.58. The van der Waals surface area contributed by atoms with Crippen LogP contribution in [0.15, 0.2) is 54.6 Å². The average molecular weight is 474 g/mol. The minimum absolute atomic E-state index is 0.0757. The molecular weight excluding hydrogens is 450 g/mol. The SMILES string of the molecule is O=C(CC1C(=O)NCCN1C(=S)NC(=O)c1cccc(Cl)c1)OCCCc1ccccc1. The quantitative estimate of drug-likeness (QED) is 0.365. The molecule has 0 bridgehead atoms. The van der Waals surface area contributed by atoms with Crippen molar-refractivity contribution in [1.29, 1.82) is 0 Å². The molecule has 7 nitrogen and oxygen atoms in total. The lowest BCUT2D eigenvalue weighted by atomic mass is 10.1. The van der Waals surface area contributed by atoms with Gasteiger partial charge in [0.1, 0.15) is 6.04 Å². The van der Waals surface area contributed by atoms with Crippen molar-refractivity contribution >= 4 is 46.7 Å². The van der Waals surface area contributed by atoms with Gasteiger partial charge in [-0.15, -0.1) is 0 Å². The van der Waals surface area contributed by atoms with E-state index in [0.717, 1.165) is 6.42 Å². The summed E-state index contributed by atoms with van der Waals surface area (Å²) in [7, 11) is 0. The number of carbonyl (C=O) groups excluding carboxylic acids is 3. The molecular formula is C23H24ClN3O4S. The third kappa shape index (κ3) is 6.77. The van der Waals surface area contributed by atoms with Crippen LogP contribution in [0.1, 0.15) is 28.8 Å². The van der Waals surface area contributed by atoms with Crippen LogP contribution in [0.2, 0.25) is 5.02 Å². The van der Waals surface area contributed by atoms with E-state index in [0.29, 0.717) is 30.1 Å². The Bertz CT molecular complexity index is 986. The lowest BCUT2D eigenvalue weighted by molar-refractivity contribution is -0.147. The number of nitrogens with one attached hydrogen (secondary N) is 2. The first-order valence-electron chi connectivity index (χ1n) is 10.3. The Balaban J connectivity index is 1.52. The molecule has 0 aromatic heterocycles. The zero-order valence-corrected chi connectivity index (χ0v) is 19.0. The van der Waals surface area contributed by atoms with Gasteiger partial charge in [-0.2, -0.15) is 0 Å². The summed E-state index contributed by atoms with van der Waals surface area (Å²) in [5.74, 6) is -1.27. The molecule has 3 rings (SSSR count). The minimum atomic E-state index is -0.850. The molecule has 1 aliphatic heterocycles. The van der Waals surface area contributed by atoms with Crippen molar-refractivity contribution in [3.05, 3.63) is 70.7 Å². The molecule has 1 aliphatic rings. The van der Waals surface area contributed by atoms with Crippen LogP contribution in [0.5, 0.6) is 0 Å². The standard InChI is InChI=1S/C23H24ClN3O4S/c24-18-10-4-9-17(14-18)21(29)26-23(32)27-12-11-25-22(30)19(27)15-20(28)31-13-5-8-16-6-2-1-3-7-16/h1-4,6-7,9-10,14,19H,5,8,11-13,15H2,(H,25,30)(H,26,29,32). The van der Waals surface area contributed by atoms with Crippen molar-refractivity contribution in [2.24, 2.45) is 0 Å². The van der Waals surface area contributed by atoms with Gasteiger partial charge in [-0.25, -0.2) is 0 Å². The Morgan fingerprint density at radius 2 is 1.97 bits per heavy atom. The molecule has 9 heteroatoms. The summed E-state index contributed by atoms with van der Waals surface area (Å²) in [5.41, 5.74) is 1.51. The van der Waals surface area contributed by atoms with Crippen LogP contribution >= 0.6 is 23.8 Å². The predicted octanol–water partition coefficient (Wildman–Crippen LogP) is 2.72. The van der Waals surface area contributed by atoms with Crippen LogP contribution in [-0.4, -0.2) is 53.5 Å². The molecule has 2 aromatic rings. The summed E-state index contributed by atoms with van der Waals surface area (Å²) in [4.78, 5) is 38.8. The van der Waals surface area contributed by atoms with E-state index in [1.54, 1.807) is 23.1 Å². The Hall–Kier alpha value is -2.97. The van der Waals surface area contributed by atoms with Crippen molar-refractivity contribution < 1.29 is 19.1 Å². The van der Waals surface area contributed by atoms with Crippen molar-refractivity contribution in [3.8, 4) is 0 Å². The summed E-state index contributed by atoms with van der Waals surface area (Å²) in [6.07, 6.45) is 1.32. The van der Waals surface area contributed by atoms with Crippen LogP contribution in [0.25, 0.3) is 0 Å². The second kappa shape index (κ2) is 11.6. The highest BCUT2D eigenvalue weighted by atomic mass is 35.5. The number of carbonyl (C=O) groups is 3. The first-order chi connectivity index (χ1) is 15.4. The number of amides is 2. The monoisotopic (exact) mass is 473 g/mol. The maximum atomic E-state index is 12.5. The topological polar surface area (TPSA) is 87.7 Å². The molecule has 0 aliphatic carbocycles. The number of ether oxygens (including phenoxy) is 1. The number of hydrogen-bond acceptors (Lipinski definition) is 5. The van der Waals surface area contributed by atoms with E-state index >= 15 is 0 Å². The second-order valence-corrected chi connectivity index (χ2v) is 8.11. The van der Waals surface area contributed by atoms with Gasteiger partial charge in [0.25, 0.3) is 5.91 Å². The van der Waals surface area contributed by atoms with Crippen LogP contribution in [0.3, 0.4) is 0 Å². The lowest BCUT2D eigenvalue weighted by Gasteiger charge is -2.36. The van der Waals surface area contributed by atoms with E-state index in [-0.39, 0.29) is 24.0 Å². The third-order valence-corrected chi connectivity index (χ3v) is 5.55. The van der Waals surface area contributed by atoms with Gasteiger partial charge < -0.3 is 15.0 Å². The molecule has 2 amide bonds. The number of halogens is 1. The van der Waals surface area contributed by atoms with E-state index in [1.165, 1.54) is 11.6 Å². The molecule has 1 saturated heterocycles. The first kappa shape index (κ1) is 23.7. The zero-order chi connectivity index (χ0) is 22.9. The van der Waals surface area contributed by atoms with E-state index < -0.39 is 17.9 Å². The van der Waals surface area contributed by atoms with Gasteiger partial charge in [0.05, 0.1) is 13.0 Å². The average Bonchev–Trinajstić information content (AvgIpc) is 2.78. The van der Waals surface area contributed by atoms with Crippen LogP contribution < -0.4 is 10.6 Å². The van der Waals surface area contributed by atoms with Crippen molar-refractivity contribution in [2.45, 2.75) is 25.3 Å². The van der Waals surface area contributed by atoms with E-state index in [9.17, 15) is 14.4 Å². The number of hydrogen-bond donors (Lipinski definition) is 2. The number of benzene rings is 2. The van der Waals surface area contributed by atoms with Crippen molar-refractivity contribution in [2.75, 3.05) is 19.7 Å². The maximum Gasteiger partial charge on any atom is 0.308 e. The Morgan fingerprint density at radius 3 is 2.72 bits per heavy atom. The first-order valence-corrected chi connectivity index (χ1v) is 11.1. The number of thiocarbonyl (C=S) groups is 1. The summed E-state index contributed by atoms with van der Waals surface area (Å²) >= 11 is 11.3. The number of nitrogens with zero attached hydrogens (tertiary/aromatic N) is 1. The van der Waals surface area contributed by atoms with Crippen molar-refractivity contribution in [1.82, 2.24) is 15.5 Å². The number of aryl methyl sites for hydroxylation is 1. The largest absolute Gasteiger partial charge is 0.466 e. The van der Waals surface area contributed by atoms with E-state index in [4.69, 9.17) is 28.6 Å². The molecule has 0 saturated carbocycles. The number of esters is 1. The molecule has 0 radical (unpaired) electrons. The highest BCUT2D eigenvalue weighted by Gasteiger charge is 2.34. The number of piperazine rings is 1. The molecule has 2 N–H and O–H groups in total. The molecule has 1 fully saturated rings. The summed E-state index contributed by atoms with van der Waals surface area (Å²) in [6, 6.07) is 15.5. The number of rotatable bonds is 7. The van der Waals surface area contributed by atoms with Gasteiger partial charge in [0, 0.05) is 23.7 Å². The normalized spacial score (nSPS) is 15.6. The molecule has 0 spiro atoms. The van der Waals surface area contributed by atoms with Gasteiger partial charge in [-0.05, 0) is 48.8 Å². The summed E-state index contributed by atoms with van der Waals surface area (Å²) in [6.45, 7) is 0.985. The molecule has 1 heterocycles. The summed E-state index contributed by atoms with van der Waals surface area (Å²) < 4.78 is 5.32. The third-order valence-electron chi connectivity index (χ3n) is 4.97. The van der Waals surface area contributed by atoms with Crippen molar-refractivity contribution in [3.63, 3.8) is 0 Å². The van der Waals surface area contributed by atoms with Gasteiger partial charge in [0.15, 0.2) is 5.11 Å². The molecule has 32 heavy (non-hydrogen) atoms. The molecule has 2 aromatic carbocycles. The van der Waals surface area contributed by atoms with E-state index in [2.05, 4.69) is 10.6 Å². The Morgan fingerprint density at radius 1 is 1.19 bits per heavy atom. The fourth-order valence-corrected chi connectivity index (χ4v) is 3.86. The lowest BCUT2D eigenvalue weighted by Crippen LogP contribution is -2.60. The predicted molar refractivity (Wildman–Crippen MR) is 125 cm³/mol. The fraction of sp³-hybridized carbons (Fsp3) is 0.304.